The summed E-state index contributed by atoms with van der Waals surface area (Å²) in [6.07, 6.45) is 7.05. The number of pyridine rings is 1. The molecule has 0 aliphatic heterocycles. The maximum absolute atomic E-state index is 8.72. The summed E-state index contributed by atoms with van der Waals surface area (Å²) in [6.45, 7) is 1.18. The molecular formula is C13H14N6. The van der Waals surface area contributed by atoms with Crippen molar-refractivity contribution < 1.29 is 0 Å². The van der Waals surface area contributed by atoms with E-state index in [0.717, 1.165) is 5.56 Å². The zero-order valence-corrected chi connectivity index (χ0v) is 10.4. The van der Waals surface area contributed by atoms with Gasteiger partial charge in [-0.2, -0.15) is 5.26 Å². The van der Waals surface area contributed by atoms with Crippen LogP contribution in [-0.2, 0) is 6.54 Å². The maximum Gasteiger partial charge on any atom is 0.225 e. The van der Waals surface area contributed by atoms with Gasteiger partial charge >= 0.3 is 0 Å². The standard InChI is InChI=1S/C13H14N6/c14-4-2-6-19(10-11-3-1-5-16-7-11)13-17-8-12(15)9-18-13/h1,3,5,7-9H,2,6,10,15H2. The lowest BCUT2D eigenvalue weighted by Crippen LogP contribution is -2.25. The normalized spacial score (nSPS) is 9.84. The van der Waals surface area contributed by atoms with Crippen LogP contribution in [0.25, 0.3) is 0 Å². The van der Waals surface area contributed by atoms with Crippen LogP contribution in [0.2, 0.25) is 0 Å². The first-order valence-electron chi connectivity index (χ1n) is 5.88. The molecule has 2 rings (SSSR count). The first kappa shape index (κ1) is 12.8. The summed E-state index contributed by atoms with van der Waals surface area (Å²) in [7, 11) is 0. The molecule has 2 N–H and O–H groups in total. The molecule has 0 saturated heterocycles. The smallest absolute Gasteiger partial charge is 0.225 e. The van der Waals surface area contributed by atoms with Crippen molar-refractivity contribution in [2.24, 2.45) is 0 Å². The van der Waals surface area contributed by atoms with Crippen LogP contribution in [0.3, 0.4) is 0 Å². The molecule has 2 aromatic heterocycles. The van der Waals surface area contributed by atoms with Crippen molar-refractivity contribution in [2.75, 3.05) is 17.2 Å². The van der Waals surface area contributed by atoms with Crippen molar-refractivity contribution in [1.29, 1.82) is 5.26 Å². The highest BCUT2D eigenvalue weighted by Crippen LogP contribution is 2.12. The van der Waals surface area contributed by atoms with Gasteiger partial charge in [-0.25, -0.2) is 9.97 Å². The monoisotopic (exact) mass is 254 g/mol. The zero-order valence-electron chi connectivity index (χ0n) is 10.4. The zero-order chi connectivity index (χ0) is 13.5. The van der Waals surface area contributed by atoms with Crippen LogP contribution in [0.5, 0.6) is 0 Å². The van der Waals surface area contributed by atoms with Gasteiger partial charge in [0.25, 0.3) is 0 Å². The molecule has 0 spiro atoms. The largest absolute Gasteiger partial charge is 0.396 e. The van der Waals surface area contributed by atoms with E-state index < -0.39 is 0 Å². The van der Waals surface area contributed by atoms with E-state index in [-0.39, 0.29) is 0 Å². The van der Waals surface area contributed by atoms with Gasteiger partial charge in [0, 0.05) is 25.5 Å². The summed E-state index contributed by atoms with van der Waals surface area (Å²) >= 11 is 0. The average Bonchev–Trinajstić information content (AvgIpc) is 2.45. The van der Waals surface area contributed by atoms with Crippen LogP contribution < -0.4 is 10.6 Å². The number of aromatic nitrogens is 3. The number of hydrogen-bond acceptors (Lipinski definition) is 6. The van der Waals surface area contributed by atoms with E-state index in [2.05, 4.69) is 21.0 Å². The molecule has 6 heteroatoms. The molecule has 0 aliphatic carbocycles. The summed E-state index contributed by atoms with van der Waals surface area (Å²) in [5.41, 5.74) is 7.13. The van der Waals surface area contributed by atoms with Gasteiger partial charge in [0.15, 0.2) is 0 Å². The summed E-state index contributed by atoms with van der Waals surface area (Å²) in [4.78, 5) is 14.4. The van der Waals surface area contributed by atoms with Gasteiger partial charge in [-0.3, -0.25) is 4.98 Å². The van der Waals surface area contributed by atoms with E-state index in [0.29, 0.717) is 31.1 Å². The third-order valence-corrected chi connectivity index (χ3v) is 2.53. The van der Waals surface area contributed by atoms with E-state index in [1.165, 1.54) is 0 Å². The lowest BCUT2D eigenvalue weighted by Gasteiger charge is -2.21. The minimum absolute atomic E-state index is 0.411. The van der Waals surface area contributed by atoms with Gasteiger partial charge in [0.05, 0.1) is 30.6 Å². The summed E-state index contributed by atoms with van der Waals surface area (Å²) in [5, 5.41) is 8.72. The fourth-order valence-electron chi connectivity index (χ4n) is 1.64. The second kappa shape index (κ2) is 6.31. The quantitative estimate of drug-likeness (QED) is 0.866. The second-order valence-corrected chi connectivity index (χ2v) is 4.01. The Balaban J connectivity index is 2.16. The van der Waals surface area contributed by atoms with Crippen LogP contribution in [0.1, 0.15) is 12.0 Å². The molecule has 0 radical (unpaired) electrons. The van der Waals surface area contributed by atoms with Crippen LogP contribution in [0.15, 0.2) is 36.9 Å². The first-order valence-corrected chi connectivity index (χ1v) is 5.88. The third-order valence-electron chi connectivity index (χ3n) is 2.53. The number of rotatable bonds is 5. The molecule has 2 heterocycles. The average molecular weight is 254 g/mol. The summed E-state index contributed by atoms with van der Waals surface area (Å²) in [6, 6.07) is 5.98. The van der Waals surface area contributed by atoms with Crippen molar-refractivity contribution >= 4 is 11.6 Å². The van der Waals surface area contributed by atoms with Gasteiger partial charge < -0.3 is 10.6 Å². The summed E-state index contributed by atoms with van der Waals surface area (Å²) < 4.78 is 0. The van der Waals surface area contributed by atoms with Gasteiger partial charge in [0.2, 0.25) is 5.95 Å². The van der Waals surface area contributed by atoms with Crippen LogP contribution in [0, 0.1) is 11.3 Å². The number of nitrogens with zero attached hydrogens (tertiary/aromatic N) is 5. The Kier molecular flexibility index (Phi) is 4.24. The topological polar surface area (TPSA) is 91.7 Å². The highest BCUT2D eigenvalue weighted by molar-refractivity contribution is 5.38. The highest BCUT2D eigenvalue weighted by Gasteiger charge is 2.10. The minimum atomic E-state index is 0.411. The van der Waals surface area contributed by atoms with Gasteiger partial charge in [0.1, 0.15) is 0 Å². The Bertz CT molecular complexity index is 546. The van der Waals surface area contributed by atoms with Crippen LogP contribution in [0.4, 0.5) is 11.6 Å². The lowest BCUT2D eigenvalue weighted by atomic mass is 10.2. The third kappa shape index (κ3) is 3.64. The number of nitriles is 1. The Labute approximate surface area is 111 Å². The molecule has 0 aliphatic rings. The van der Waals surface area contributed by atoms with Crippen molar-refractivity contribution in [3.8, 4) is 6.07 Å². The predicted molar refractivity (Wildman–Crippen MR) is 72.0 cm³/mol. The number of nitrogen functional groups attached to an aromatic ring is 1. The van der Waals surface area contributed by atoms with E-state index in [4.69, 9.17) is 11.0 Å². The molecule has 0 aromatic carbocycles. The Hall–Kier alpha value is -2.68. The molecule has 96 valence electrons. The van der Waals surface area contributed by atoms with E-state index in [1.54, 1.807) is 24.8 Å². The van der Waals surface area contributed by atoms with E-state index >= 15 is 0 Å². The van der Waals surface area contributed by atoms with Gasteiger partial charge in [-0.05, 0) is 11.6 Å². The number of nitrogens with two attached hydrogens (primary N) is 1. The van der Waals surface area contributed by atoms with Gasteiger partial charge in [-0.1, -0.05) is 6.07 Å². The molecule has 0 fully saturated rings. The molecule has 0 bridgehead atoms. The fourth-order valence-corrected chi connectivity index (χ4v) is 1.64. The minimum Gasteiger partial charge on any atom is -0.396 e. The number of hydrogen-bond donors (Lipinski definition) is 1. The predicted octanol–water partition coefficient (Wildman–Crippen LogP) is 1.37. The molecule has 6 nitrogen and oxygen atoms in total. The fraction of sp³-hybridized carbons (Fsp3) is 0.231. The maximum atomic E-state index is 8.72. The molecule has 0 unspecified atom stereocenters. The van der Waals surface area contributed by atoms with E-state index in [9.17, 15) is 0 Å². The SMILES string of the molecule is N#CCCN(Cc1cccnc1)c1ncc(N)cn1. The first-order chi connectivity index (χ1) is 9.29. The van der Waals surface area contributed by atoms with Crippen LogP contribution in [-0.4, -0.2) is 21.5 Å². The highest BCUT2D eigenvalue weighted by atomic mass is 15.2. The molecule has 19 heavy (non-hydrogen) atoms. The molecule has 0 atom stereocenters. The lowest BCUT2D eigenvalue weighted by molar-refractivity contribution is 0.762. The van der Waals surface area contributed by atoms with Crippen LogP contribution >= 0.6 is 0 Å². The molecule has 0 saturated carbocycles. The summed E-state index contributed by atoms with van der Waals surface area (Å²) in [5.74, 6) is 0.563. The van der Waals surface area contributed by atoms with E-state index in [1.807, 2.05) is 17.0 Å². The molecule has 0 amide bonds. The van der Waals surface area contributed by atoms with Crippen molar-refractivity contribution in [3.63, 3.8) is 0 Å². The molecular weight excluding hydrogens is 240 g/mol. The Morgan fingerprint density at radius 2 is 2.05 bits per heavy atom. The second-order valence-electron chi connectivity index (χ2n) is 4.01. The van der Waals surface area contributed by atoms with Crippen molar-refractivity contribution in [1.82, 2.24) is 15.0 Å². The van der Waals surface area contributed by atoms with Crippen molar-refractivity contribution in [3.05, 3.63) is 42.5 Å². The van der Waals surface area contributed by atoms with Gasteiger partial charge in [-0.15, -0.1) is 0 Å². The molecule has 2 aromatic rings. The Morgan fingerprint density at radius 1 is 1.26 bits per heavy atom. The van der Waals surface area contributed by atoms with Crippen molar-refractivity contribution in [2.45, 2.75) is 13.0 Å². The number of anilines is 2. The Morgan fingerprint density at radius 3 is 2.68 bits per heavy atom.